The predicted octanol–water partition coefficient (Wildman–Crippen LogP) is 2.04. The highest BCUT2D eigenvalue weighted by Gasteiger charge is 2.53. The smallest absolute Gasteiger partial charge is 0.355 e. The van der Waals surface area contributed by atoms with Gasteiger partial charge in [-0.1, -0.05) is 31.5 Å². The van der Waals surface area contributed by atoms with Crippen LogP contribution in [-0.2, 0) is 24.0 Å². The number of ether oxygens (including phenoxy) is 1. The Morgan fingerprint density at radius 3 is 2.85 bits per heavy atom. The minimum absolute atomic E-state index is 0.0846. The maximum absolute atomic E-state index is 12.8. The number of carbonyl (C=O) groups excluding carboxylic acids is 3. The van der Waals surface area contributed by atoms with Crippen LogP contribution in [0.2, 0.25) is 0 Å². The highest BCUT2D eigenvalue weighted by Crippen LogP contribution is 2.38. The quantitative estimate of drug-likeness (QED) is 0.166. The number of esters is 1. The summed E-state index contributed by atoms with van der Waals surface area (Å²) in [5.74, 6) is -1.04. The molecule has 33 heavy (non-hydrogen) atoms. The van der Waals surface area contributed by atoms with Crippen LogP contribution < -0.4 is 11.1 Å². The summed E-state index contributed by atoms with van der Waals surface area (Å²) in [7, 11) is 1.31. The number of amides is 2. The van der Waals surface area contributed by atoms with Crippen LogP contribution in [0, 0.1) is 0 Å². The van der Waals surface area contributed by atoms with Crippen molar-refractivity contribution in [3.05, 3.63) is 34.5 Å². The second-order valence-electron chi connectivity index (χ2n) is 7.25. The van der Waals surface area contributed by atoms with Crippen molar-refractivity contribution in [3.63, 3.8) is 0 Å². The van der Waals surface area contributed by atoms with E-state index >= 15 is 0 Å². The number of nitrogen functional groups attached to an aromatic ring is 1. The number of hydrogen-bond donors (Lipinski definition) is 2. The molecule has 1 fully saturated rings. The van der Waals surface area contributed by atoms with Crippen molar-refractivity contribution in [1.29, 1.82) is 0 Å². The minimum Gasteiger partial charge on any atom is -0.457 e. The molecule has 2 atom stereocenters. The lowest BCUT2D eigenvalue weighted by molar-refractivity contribution is -0.152. The Labute approximate surface area is 200 Å². The maximum atomic E-state index is 12.8. The average Bonchev–Trinajstić information content (AvgIpc) is 3.25. The molecule has 3 heterocycles. The lowest BCUT2D eigenvalue weighted by Crippen LogP contribution is -2.70. The largest absolute Gasteiger partial charge is 0.457 e. The minimum atomic E-state index is -0.812. The second-order valence-corrected chi connectivity index (χ2v) is 9.29. The highest BCUT2D eigenvalue weighted by molar-refractivity contribution is 8.00. The van der Waals surface area contributed by atoms with E-state index in [1.165, 1.54) is 23.8 Å². The zero-order valence-electron chi connectivity index (χ0n) is 18.7. The van der Waals surface area contributed by atoms with Gasteiger partial charge in [-0.25, -0.2) is 9.78 Å². The molecule has 0 saturated carbocycles. The molecule has 2 amide bonds. The molecule has 1 unspecified atom stereocenters. The van der Waals surface area contributed by atoms with Gasteiger partial charge in [0.15, 0.2) is 10.8 Å². The number of allylic oxidation sites excluding steroid dienone is 1. The first-order valence-electron chi connectivity index (χ1n) is 10.5. The summed E-state index contributed by atoms with van der Waals surface area (Å²) in [6, 6.07) is -0.812. The number of fused-ring (bicyclic) bond motifs is 1. The normalized spacial score (nSPS) is 20.5. The van der Waals surface area contributed by atoms with Crippen LogP contribution in [0.4, 0.5) is 5.13 Å². The maximum Gasteiger partial charge on any atom is 0.355 e. The number of thioether (sulfide) groups is 1. The Balaban J connectivity index is 1.64. The van der Waals surface area contributed by atoms with Crippen molar-refractivity contribution in [1.82, 2.24) is 15.2 Å². The first kappa shape index (κ1) is 24.8. The fourth-order valence-corrected chi connectivity index (χ4v) is 5.06. The van der Waals surface area contributed by atoms with Gasteiger partial charge in [-0.15, -0.1) is 23.1 Å². The van der Waals surface area contributed by atoms with Gasteiger partial charge in [0, 0.05) is 11.1 Å². The Bertz CT molecular complexity index is 1000. The van der Waals surface area contributed by atoms with E-state index in [-0.39, 0.29) is 28.8 Å². The van der Waals surface area contributed by atoms with Crippen molar-refractivity contribution in [2.75, 3.05) is 25.2 Å². The van der Waals surface area contributed by atoms with Crippen molar-refractivity contribution in [2.24, 2.45) is 5.16 Å². The number of thiazole rings is 1. The molecule has 178 valence electrons. The third kappa shape index (κ3) is 5.56. The topological polar surface area (TPSA) is 136 Å². The van der Waals surface area contributed by atoms with Gasteiger partial charge in [0.25, 0.3) is 11.8 Å². The van der Waals surface area contributed by atoms with Gasteiger partial charge in [-0.05, 0) is 24.5 Å². The van der Waals surface area contributed by atoms with Crippen LogP contribution in [0.5, 0.6) is 0 Å². The third-order valence-corrected chi connectivity index (χ3v) is 6.93. The van der Waals surface area contributed by atoms with Gasteiger partial charge in [-0.3, -0.25) is 14.5 Å². The summed E-state index contributed by atoms with van der Waals surface area (Å²) in [5.41, 5.74) is 7.06. The monoisotopic (exact) mass is 493 g/mol. The zero-order valence-corrected chi connectivity index (χ0v) is 20.3. The SMILES string of the molecule is CCC/C=C(\CC)COC(=O)C1=CCS[C@@H]2C(NC(=O)/C(=N\OC)c3csc(N)n3)C(=O)N12. The molecular formula is C21H27N5O5S2. The number of carbonyl (C=O) groups is 3. The third-order valence-electron chi connectivity index (χ3n) is 5.07. The van der Waals surface area contributed by atoms with Crippen molar-refractivity contribution >= 4 is 51.7 Å². The molecule has 12 heteroatoms. The number of anilines is 1. The number of hydrogen-bond acceptors (Lipinski definition) is 10. The van der Waals surface area contributed by atoms with Gasteiger partial charge in [0.2, 0.25) is 0 Å². The van der Waals surface area contributed by atoms with Crippen LogP contribution in [0.3, 0.4) is 0 Å². The van der Waals surface area contributed by atoms with E-state index in [0.29, 0.717) is 5.75 Å². The number of nitrogens with one attached hydrogen (secondary N) is 1. The Morgan fingerprint density at radius 1 is 1.42 bits per heavy atom. The number of oxime groups is 1. The summed E-state index contributed by atoms with van der Waals surface area (Å²) in [5, 5.41) is 7.84. The molecule has 0 spiro atoms. The molecule has 2 aliphatic heterocycles. The Morgan fingerprint density at radius 2 is 2.21 bits per heavy atom. The lowest BCUT2D eigenvalue weighted by atomic mass is 10.0. The number of β-lactam (4-membered cyclic amide) rings is 1. The van der Waals surface area contributed by atoms with E-state index in [2.05, 4.69) is 28.5 Å². The van der Waals surface area contributed by atoms with E-state index in [9.17, 15) is 14.4 Å². The fourth-order valence-electron chi connectivity index (χ4n) is 3.32. The molecule has 0 aromatic carbocycles. The van der Waals surface area contributed by atoms with Gasteiger partial charge < -0.3 is 20.6 Å². The summed E-state index contributed by atoms with van der Waals surface area (Å²) in [6.07, 6.45) is 6.49. The van der Waals surface area contributed by atoms with E-state index in [0.717, 1.165) is 36.2 Å². The second kappa shape index (κ2) is 11.3. The Kier molecular flexibility index (Phi) is 8.50. The van der Waals surface area contributed by atoms with E-state index in [1.807, 2.05) is 6.92 Å². The molecule has 3 N–H and O–H groups in total. The van der Waals surface area contributed by atoms with Crippen LogP contribution >= 0.6 is 23.1 Å². The van der Waals surface area contributed by atoms with Crippen molar-refractivity contribution in [3.8, 4) is 0 Å². The zero-order chi connectivity index (χ0) is 24.0. The van der Waals surface area contributed by atoms with Crippen LogP contribution in [0.1, 0.15) is 38.8 Å². The van der Waals surface area contributed by atoms with Gasteiger partial charge >= 0.3 is 5.97 Å². The molecule has 1 saturated heterocycles. The van der Waals surface area contributed by atoms with Crippen LogP contribution in [0.25, 0.3) is 0 Å². The standard InChI is InChI=1S/C21H27N5O5S2/c1-4-6-7-12(5-2)10-31-20(29)14-8-9-32-19-16(18(28)26(14)19)24-17(27)15(25-30-3)13-11-33-21(22)23-13/h7-8,11,16,19H,4-6,9-10H2,1-3H3,(H2,22,23)(H,24,27)/b12-7+,25-15-/t16?,19-/m1/s1. The molecule has 0 bridgehead atoms. The first-order chi connectivity index (χ1) is 15.9. The lowest BCUT2D eigenvalue weighted by Gasteiger charge is -2.48. The molecule has 1 aromatic rings. The molecule has 3 rings (SSSR count). The predicted molar refractivity (Wildman–Crippen MR) is 127 cm³/mol. The average molecular weight is 494 g/mol. The number of unbranched alkanes of at least 4 members (excludes halogenated alkanes) is 1. The van der Waals surface area contributed by atoms with E-state index < -0.39 is 29.2 Å². The highest BCUT2D eigenvalue weighted by atomic mass is 32.2. The number of rotatable bonds is 10. The Hall–Kier alpha value is -2.86. The fraction of sp³-hybridized carbons (Fsp3) is 0.476. The van der Waals surface area contributed by atoms with Crippen molar-refractivity contribution < 1.29 is 24.0 Å². The first-order valence-corrected chi connectivity index (χ1v) is 12.5. The van der Waals surface area contributed by atoms with E-state index in [4.69, 9.17) is 15.3 Å². The van der Waals surface area contributed by atoms with Gasteiger partial charge in [-0.2, -0.15) is 0 Å². The van der Waals surface area contributed by atoms with Gasteiger partial charge in [0.05, 0.1) is 0 Å². The number of aromatic nitrogens is 1. The molecular weight excluding hydrogens is 466 g/mol. The summed E-state index contributed by atoms with van der Waals surface area (Å²) < 4.78 is 5.46. The van der Waals surface area contributed by atoms with Gasteiger partial charge in [0.1, 0.15) is 36.5 Å². The summed E-state index contributed by atoms with van der Waals surface area (Å²) >= 11 is 2.60. The van der Waals surface area contributed by atoms with Crippen LogP contribution in [0.15, 0.2) is 34.0 Å². The van der Waals surface area contributed by atoms with Crippen LogP contribution in [-0.4, -0.2) is 64.3 Å². The number of nitrogens with zero attached hydrogens (tertiary/aromatic N) is 3. The van der Waals surface area contributed by atoms with E-state index in [1.54, 1.807) is 11.5 Å². The van der Waals surface area contributed by atoms with Crippen molar-refractivity contribution in [2.45, 2.75) is 44.5 Å². The summed E-state index contributed by atoms with van der Waals surface area (Å²) in [4.78, 5) is 48.5. The molecule has 0 radical (unpaired) electrons. The molecule has 2 aliphatic rings. The number of nitrogens with two attached hydrogens (primary N) is 1. The molecule has 10 nitrogen and oxygen atoms in total. The summed E-state index contributed by atoms with van der Waals surface area (Å²) in [6.45, 7) is 4.29. The molecule has 0 aliphatic carbocycles. The molecule has 1 aromatic heterocycles.